The molecule has 0 saturated carbocycles. The van der Waals surface area contributed by atoms with Crippen molar-refractivity contribution in [1.29, 1.82) is 0 Å². The number of amides is 1. The van der Waals surface area contributed by atoms with E-state index in [4.69, 9.17) is 4.74 Å². The Bertz CT molecular complexity index is 1200. The van der Waals surface area contributed by atoms with Crippen LogP contribution < -0.4 is 5.32 Å². The summed E-state index contributed by atoms with van der Waals surface area (Å²) in [5.41, 5.74) is 0. The SMILES string of the molecule is CCCCCC/C=C\C/C=C\CCCCCCCC(=O)OCCCCCCCCCCCCCC/C=C\CCCCCCCCCCCCCCCCC(=O)NC(CO)C(O)CCCCCCCCCCCCC. The third-order valence-electron chi connectivity index (χ3n) is 15.4. The van der Waals surface area contributed by atoms with Crippen molar-refractivity contribution in [3.8, 4) is 0 Å². The number of hydrogen-bond donors (Lipinski definition) is 3. The standard InChI is InChI=1S/C68H129NO5/c1-3-5-7-9-11-13-15-16-17-35-38-42-46-50-54-58-62-68(73)74-63-59-55-51-47-43-39-36-33-31-29-27-25-23-21-19-18-20-22-24-26-28-30-32-34-37-41-45-49-53-57-61-67(72)69-65(64-70)66(71)60-56-52-48-44-40-14-12-10-8-6-4-2/h13,15,17,19,21,35,65-66,70-71H,3-12,14,16,18,20,22-34,36-64H2,1-2H3,(H,69,72)/b15-13-,21-19-,35-17-. The Morgan fingerprint density at radius 1 is 0.378 bits per heavy atom. The zero-order valence-electron chi connectivity index (χ0n) is 49.8. The number of aliphatic hydroxyl groups is 2. The van der Waals surface area contributed by atoms with Gasteiger partial charge in [-0.1, -0.05) is 301 Å². The predicted octanol–water partition coefficient (Wildman–Crippen LogP) is 21.1. The van der Waals surface area contributed by atoms with E-state index in [0.29, 0.717) is 25.9 Å². The summed E-state index contributed by atoms with van der Waals surface area (Å²) in [6.07, 6.45) is 80.4. The highest BCUT2D eigenvalue weighted by Crippen LogP contribution is 2.18. The van der Waals surface area contributed by atoms with E-state index in [1.165, 1.54) is 276 Å². The lowest BCUT2D eigenvalue weighted by Crippen LogP contribution is -2.45. The van der Waals surface area contributed by atoms with E-state index in [1.54, 1.807) is 0 Å². The molecule has 0 saturated heterocycles. The van der Waals surface area contributed by atoms with Crippen LogP contribution in [-0.2, 0) is 14.3 Å². The fourth-order valence-corrected chi connectivity index (χ4v) is 10.3. The summed E-state index contributed by atoms with van der Waals surface area (Å²) in [6, 6.07) is -0.539. The van der Waals surface area contributed by atoms with Gasteiger partial charge in [-0.2, -0.15) is 0 Å². The molecule has 0 heterocycles. The fraction of sp³-hybridized carbons (Fsp3) is 0.882. The first-order chi connectivity index (χ1) is 36.5. The number of ether oxygens (including phenoxy) is 1. The summed E-state index contributed by atoms with van der Waals surface area (Å²) in [5.74, 6) is -0.0297. The predicted molar refractivity (Wildman–Crippen MR) is 324 cm³/mol. The fourth-order valence-electron chi connectivity index (χ4n) is 10.3. The molecule has 0 radical (unpaired) electrons. The molecule has 0 fully saturated rings. The van der Waals surface area contributed by atoms with E-state index in [1.807, 2.05) is 0 Å². The molecule has 3 N–H and O–H groups in total. The van der Waals surface area contributed by atoms with E-state index in [-0.39, 0.29) is 18.5 Å². The van der Waals surface area contributed by atoms with Crippen LogP contribution in [0.4, 0.5) is 0 Å². The summed E-state index contributed by atoms with van der Waals surface area (Å²) in [5, 5.41) is 23.2. The van der Waals surface area contributed by atoms with Gasteiger partial charge in [0.25, 0.3) is 0 Å². The summed E-state index contributed by atoms with van der Waals surface area (Å²) < 4.78 is 5.49. The lowest BCUT2D eigenvalue weighted by Gasteiger charge is -2.22. The zero-order chi connectivity index (χ0) is 53.6. The van der Waals surface area contributed by atoms with E-state index in [0.717, 1.165) is 51.4 Å². The van der Waals surface area contributed by atoms with Crippen molar-refractivity contribution in [2.24, 2.45) is 0 Å². The van der Waals surface area contributed by atoms with E-state index < -0.39 is 12.1 Å². The van der Waals surface area contributed by atoms with Crippen molar-refractivity contribution in [3.05, 3.63) is 36.5 Å². The second kappa shape index (κ2) is 63.6. The number of carbonyl (C=O) groups excluding carboxylic acids is 2. The van der Waals surface area contributed by atoms with Gasteiger partial charge in [0, 0.05) is 12.8 Å². The van der Waals surface area contributed by atoms with Gasteiger partial charge in [0.1, 0.15) is 0 Å². The molecule has 0 spiro atoms. The Hall–Kier alpha value is -1.92. The minimum absolute atomic E-state index is 0.00371. The van der Waals surface area contributed by atoms with Gasteiger partial charge in [0.2, 0.25) is 5.91 Å². The topological polar surface area (TPSA) is 95.9 Å². The van der Waals surface area contributed by atoms with Crippen molar-refractivity contribution >= 4 is 11.9 Å². The minimum atomic E-state index is -0.662. The molecule has 0 rings (SSSR count). The van der Waals surface area contributed by atoms with Crippen LogP contribution in [0.15, 0.2) is 36.5 Å². The number of unbranched alkanes of at least 4 members (excludes halogenated alkanes) is 45. The number of carbonyl (C=O) groups is 2. The van der Waals surface area contributed by atoms with Crippen LogP contribution in [0.1, 0.15) is 361 Å². The largest absolute Gasteiger partial charge is 0.466 e. The monoisotopic (exact) mass is 1040 g/mol. The molecule has 6 nitrogen and oxygen atoms in total. The molecule has 74 heavy (non-hydrogen) atoms. The molecule has 0 aliphatic heterocycles. The third-order valence-corrected chi connectivity index (χ3v) is 15.4. The molecule has 436 valence electrons. The number of rotatable bonds is 62. The average molecular weight is 1040 g/mol. The first-order valence-corrected chi connectivity index (χ1v) is 33.2. The number of hydrogen-bond acceptors (Lipinski definition) is 5. The maximum Gasteiger partial charge on any atom is 0.305 e. The number of aliphatic hydroxyl groups excluding tert-OH is 2. The van der Waals surface area contributed by atoms with Crippen LogP contribution in [0, 0.1) is 0 Å². The molecular formula is C68H129NO5. The summed E-state index contributed by atoms with van der Waals surface area (Å²) in [4.78, 5) is 24.5. The van der Waals surface area contributed by atoms with E-state index in [2.05, 4.69) is 55.6 Å². The highest BCUT2D eigenvalue weighted by Gasteiger charge is 2.20. The third kappa shape index (κ3) is 59.3. The summed E-state index contributed by atoms with van der Waals surface area (Å²) in [7, 11) is 0. The molecule has 0 aromatic carbocycles. The van der Waals surface area contributed by atoms with Crippen LogP contribution in [0.3, 0.4) is 0 Å². The van der Waals surface area contributed by atoms with Crippen molar-refractivity contribution in [3.63, 3.8) is 0 Å². The van der Waals surface area contributed by atoms with Gasteiger partial charge in [-0.05, 0) is 83.5 Å². The molecule has 2 unspecified atom stereocenters. The van der Waals surface area contributed by atoms with Crippen LogP contribution in [-0.4, -0.2) is 47.4 Å². The maximum absolute atomic E-state index is 12.5. The van der Waals surface area contributed by atoms with Crippen LogP contribution >= 0.6 is 0 Å². The van der Waals surface area contributed by atoms with Gasteiger partial charge >= 0.3 is 5.97 Å². The Kier molecular flexibility index (Phi) is 62.0. The molecule has 2 atom stereocenters. The van der Waals surface area contributed by atoms with Crippen molar-refractivity contribution in [1.82, 2.24) is 5.32 Å². The normalized spacial score (nSPS) is 12.8. The lowest BCUT2D eigenvalue weighted by atomic mass is 10.0. The Morgan fingerprint density at radius 2 is 0.676 bits per heavy atom. The van der Waals surface area contributed by atoms with Gasteiger partial charge in [-0.25, -0.2) is 0 Å². The molecule has 0 aliphatic carbocycles. The molecule has 6 heteroatoms. The first-order valence-electron chi connectivity index (χ1n) is 33.2. The molecule has 0 bridgehead atoms. The van der Waals surface area contributed by atoms with Crippen LogP contribution in [0.5, 0.6) is 0 Å². The summed E-state index contributed by atoms with van der Waals surface area (Å²) >= 11 is 0. The van der Waals surface area contributed by atoms with Crippen molar-refractivity contribution < 1.29 is 24.5 Å². The van der Waals surface area contributed by atoms with Gasteiger partial charge in [-0.15, -0.1) is 0 Å². The van der Waals surface area contributed by atoms with Crippen molar-refractivity contribution in [2.75, 3.05) is 13.2 Å². The Balaban J connectivity index is 3.35. The highest BCUT2D eigenvalue weighted by molar-refractivity contribution is 5.76. The van der Waals surface area contributed by atoms with E-state index >= 15 is 0 Å². The van der Waals surface area contributed by atoms with E-state index in [9.17, 15) is 19.8 Å². The Morgan fingerprint density at radius 3 is 1.05 bits per heavy atom. The minimum Gasteiger partial charge on any atom is -0.466 e. The molecule has 0 aliphatic rings. The second-order valence-electron chi connectivity index (χ2n) is 22.8. The molecule has 1 amide bonds. The number of allylic oxidation sites excluding steroid dienone is 6. The highest BCUT2D eigenvalue weighted by atomic mass is 16.5. The van der Waals surface area contributed by atoms with Gasteiger partial charge in [-0.3, -0.25) is 9.59 Å². The van der Waals surface area contributed by atoms with Crippen LogP contribution in [0.2, 0.25) is 0 Å². The van der Waals surface area contributed by atoms with Crippen molar-refractivity contribution in [2.45, 2.75) is 373 Å². The maximum atomic E-state index is 12.5. The second-order valence-corrected chi connectivity index (χ2v) is 22.8. The zero-order valence-corrected chi connectivity index (χ0v) is 49.8. The van der Waals surface area contributed by atoms with Gasteiger partial charge < -0.3 is 20.3 Å². The lowest BCUT2D eigenvalue weighted by molar-refractivity contribution is -0.143. The average Bonchev–Trinajstić information content (AvgIpc) is 3.40. The quantitative estimate of drug-likeness (QED) is 0.0320. The van der Waals surface area contributed by atoms with Gasteiger partial charge in [0.05, 0.1) is 25.4 Å². The first kappa shape index (κ1) is 72.1. The Labute approximate surface area is 462 Å². The number of esters is 1. The van der Waals surface area contributed by atoms with Gasteiger partial charge in [0.15, 0.2) is 0 Å². The molecule has 0 aromatic rings. The smallest absolute Gasteiger partial charge is 0.305 e. The summed E-state index contributed by atoms with van der Waals surface area (Å²) in [6.45, 7) is 4.94. The molecular weight excluding hydrogens is 911 g/mol. The molecule has 0 aromatic heterocycles. The number of nitrogens with one attached hydrogen (secondary N) is 1. The van der Waals surface area contributed by atoms with Crippen LogP contribution in [0.25, 0.3) is 0 Å².